The number of aliphatic carboxylic acids is 2. The number of carboxylic acid groups (broad SMARTS) is 2. The molecule has 3 unspecified atom stereocenters. The van der Waals surface area contributed by atoms with Crippen LogP contribution in [0.5, 0.6) is 0 Å². The molecule has 7 nitrogen and oxygen atoms in total. The van der Waals surface area contributed by atoms with Crippen LogP contribution in [0.3, 0.4) is 0 Å². The molecule has 1 aromatic carbocycles. The van der Waals surface area contributed by atoms with Crippen LogP contribution in [0.1, 0.15) is 44.6 Å². The van der Waals surface area contributed by atoms with Gasteiger partial charge in [-0.3, -0.25) is 14.9 Å². The van der Waals surface area contributed by atoms with Crippen molar-refractivity contribution in [3.8, 4) is 0 Å². The van der Waals surface area contributed by atoms with Gasteiger partial charge in [0.1, 0.15) is 12.1 Å². The molecule has 0 bridgehead atoms. The lowest BCUT2D eigenvalue weighted by atomic mass is 10.0. The monoisotopic (exact) mass is 388 g/mol. The van der Waals surface area contributed by atoms with E-state index >= 15 is 0 Å². The minimum Gasteiger partial charge on any atom is -0.480 e. The van der Waals surface area contributed by atoms with Crippen LogP contribution >= 0.6 is 0 Å². The normalized spacial score (nSPS) is 25.9. The first-order valence-corrected chi connectivity index (χ1v) is 9.96. The maximum Gasteiger partial charge on any atom is 0.326 e. The summed E-state index contributed by atoms with van der Waals surface area (Å²) in [5, 5.41) is 22.0. The summed E-state index contributed by atoms with van der Waals surface area (Å²) in [5.41, 5.74) is 1.04. The Kier molecular flexibility index (Phi) is 6.34. The summed E-state index contributed by atoms with van der Waals surface area (Å²) in [6, 6.07) is 7.13. The first-order valence-electron chi connectivity index (χ1n) is 9.96. The number of benzene rings is 1. The number of hydrogen-bond donors (Lipinski definition) is 3. The molecule has 0 radical (unpaired) electrons. The largest absolute Gasteiger partial charge is 0.480 e. The third-order valence-electron chi connectivity index (χ3n) is 6.06. The van der Waals surface area contributed by atoms with Crippen molar-refractivity contribution in [2.45, 2.75) is 69.6 Å². The third-order valence-corrected chi connectivity index (χ3v) is 6.06. The van der Waals surface area contributed by atoms with Crippen LogP contribution in [0.2, 0.25) is 0 Å². The molecule has 28 heavy (non-hydrogen) atoms. The number of hydrogen-bond acceptors (Lipinski definition) is 4. The van der Waals surface area contributed by atoms with Crippen molar-refractivity contribution in [3.63, 3.8) is 0 Å². The Morgan fingerprint density at radius 1 is 1.18 bits per heavy atom. The molecule has 1 heterocycles. The van der Waals surface area contributed by atoms with E-state index in [1.54, 1.807) is 6.92 Å². The van der Waals surface area contributed by atoms with Crippen LogP contribution in [0.4, 0.5) is 0 Å². The second kappa shape index (κ2) is 8.73. The maximum atomic E-state index is 13.0. The fraction of sp³-hybridized carbons (Fsp3) is 0.571. The molecule has 2 aliphatic rings. The van der Waals surface area contributed by atoms with E-state index in [1.165, 1.54) is 4.90 Å². The summed E-state index contributed by atoms with van der Waals surface area (Å²) in [6.07, 6.45) is 4.21. The molecule has 1 aromatic rings. The van der Waals surface area contributed by atoms with Gasteiger partial charge in [0.25, 0.3) is 0 Å². The van der Waals surface area contributed by atoms with Crippen molar-refractivity contribution in [1.29, 1.82) is 0 Å². The van der Waals surface area contributed by atoms with Crippen LogP contribution < -0.4 is 5.32 Å². The highest BCUT2D eigenvalue weighted by Crippen LogP contribution is 2.41. The SMILES string of the molecule is CC(N[C@@H](CCc1ccccc1)C(=O)O)C(=O)N1C(C(=O)O)CC2CCC[C@@H]21. The van der Waals surface area contributed by atoms with E-state index in [2.05, 4.69) is 5.32 Å². The van der Waals surface area contributed by atoms with Crippen LogP contribution in [0, 0.1) is 5.92 Å². The Bertz CT molecular complexity index is 723. The summed E-state index contributed by atoms with van der Waals surface area (Å²) < 4.78 is 0. The van der Waals surface area contributed by atoms with Gasteiger partial charge >= 0.3 is 11.9 Å². The van der Waals surface area contributed by atoms with Crippen molar-refractivity contribution >= 4 is 17.8 Å². The predicted molar refractivity (Wildman–Crippen MR) is 103 cm³/mol. The standard InChI is InChI=1S/C21H28N2O5/c1-13(22-16(20(25)26)11-10-14-6-3-2-4-7-14)19(24)23-17-9-5-8-15(17)12-18(23)21(27)28/h2-4,6-7,13,15-18,22H,5,8-12H2,1H3,(H,25,26)(H,27,28)/t13?,15?,16-,17-,18?/m0/s1. The maximum absolute atomic E-state index is 13.0. The third kappa shape index (κ3) is 4.35. The van der Waals surface area contributed by atoms with Gasteiger partial charge < -0.3 is 15.1 Å². The first kappa shape index (κ1) is 20.3. The summed E-state index contributed by atoms with van der Waals surface area (Å²) in [7, 11) is 0. The van der Waals surface area contributed by atoms with Crippen molar-refractivity contribution in [2.75, 3.05) is 0 Å². The number of nitrogens with one attached hydrogen (secondary N) is 1. The molecule has 2 fully saturated rings. The van der Waals surface area contributed by atoms with Crippen molar-refractivity contribution in [3.05, 3.63) is 35.9 Å². The minimum absolute atomic E-state index is 0.0366. The van der Waals surface area contributed by atoms with Gasteiger partial charge in [0.2, 0.25) is 5.91 Å². The molecule has 1 saturated heterocycles. The Labute approximate surface area is 164 Å². The van der Waals surface area contributed by atoms with Crippen LogP contribution in [0.25, 0.3) is 0 Å². The van der Waals surface area contributed by atoms with Gasteiger partial charge in [0.15, 0.2) is 0 Å². The van der Waals surface area contributed by atoms with Crippen LogP contribution in [-0.4, -0.2) is 57.1 Å². The number of carbonyl (C=O) groups is 3. The molecule has 5 atom stereocenters. The molecule has 0 aromatic heterocycles. The number of carboxylic acids is 2. The molecular weight excluding hydrogens is 360 g/mol. The predicted octanol–water partition coefficient (Wildman–Crippen LogP) is 1.90. The van der Waals surface area contributed by atoms with Gasteiger partial charge in [-0.2, -0.15) is 0 Å². The zero-order chi connectivity index (χ0) is 20.3. The fourth-order valence-electron chi connectivity index (χ4n) is 4.66. The number of carbonyl (C=O) groups excluding carboxylic acids is 1. The van der Waals surface area contributed by atoms with Crippen molar-refractivity contribution in [1.82, 2.24) is 10.2 Å². The highest BCUT2D eigenvalue weighted by molar-refractivity contribution is 5.88. The second-order valence-electron chi connectivity index (χ2n) is 7.90. The van der Waals surface area contributed by atoms with Crippen LogP contribution in [0.15, 0.2) is 30.3 Å². The zero-order valence-corrected chi connectivity index (χ0v) is 16.1. The van der Waals surface area contributed by atoms with E-state index in [0.29, 0.717) is 19.3 Å². The summed E-state index contributed by atoms with van der Waals surface area (Å²) in [4.78, 5) is 37.9. The first-order chi connectivity index (χ1) is 13.4. The molecule has 3 N–H and O–H groups in total. The van der Waals surface area contributed by atoms with E-state index in [-0.39, 0.29) is 17.9 Å². The highest BCUT2D eigenvalue weighted by atomic mass is 16.4. The quantitative estimate of drug-likeness (QED) is 0.628. The molecule has 1 saturated carbocycles. The molecule has 7 heteroatoms. The average Bonchev–Trinajstić information content (AvgIpc) is 3.26. The topological polar surface area (TPSA) is 107 Å². The van der Waals surface area contributed by atoms with Gasteiger partial charge in [0.05, 0.1) is 6.04 Å². The average molecular weight is 388 g/mol. The molecule has 1 amide bonds. The molecular formula is C21H28N2O5. The Hall–Kier alpha value is -2.41. The highest BCUT2D eigenvalue weighted by Gasteiger charge is 2.49. The number of aryl methyl sites for hydroxylation is 1. The lowest BCUT2D eigenvalue weighted by Crippen LogP contribution is -2.55. The smallest absolute Gasteiger partial charge is 0.326 e. The number of rotatable bonds is 8. The number of likely N-dealkylation sites (tertiary alicyclic amines) is 1. The van der Waals surface area contributed by atoms with Gasteiger partial charge in [-0.05, 0) is 50.5 Å². The van der Waals surface area contributed by atoms with E-state index in [4.69, 9.17) is 0 Å². The Morgan fingerprint density at radius 3 is 2.54 bits per heavy atom. The minimum atomic E-state index is -1.01. The van der Waals surface area contributed by atoms with E-state index in [0.717, 1.165) is 24.8 Å². The van der Waals surface area contributed by atoms with E-state index in [9.17, 15) is 24.6 Å². The Morgan fingerprint density at radius 2 is 1.89 bits per heavy atom. The lowest BCUT2D eigenvalue weighted by Gasteiger charge is -2.31. The number of amides is 1. The summed E-state index contributed by atoms with van der Waals surface area (Å²) in [5.74, 6) is -2.06. The van der Waals surface area contributed by atoms with E-state index in [1.807, 2.05) is 30.3 Å². The van der Waals surface area contributed by atoms with Gasteiger partial charge in [0, 0.05) is 6.04 Å². The van der Waals surface area contributed by atoms with E-state index < -0.39 is 30.1 Å². The van der Waals surface area contributed by atoms with Gasteiger partial charge in [-0.15, -0.1) is 0 Å². The van der Waals surface area contributed by atoms with Gasteiger partial charge in [-0.25, -0.2) is 4.79 Å². The number of nitrogens with zero attached hydrogens (tertiary/aromatic N) is 1. The van der Waals surface area contributed by atoms with Crippen molar-refractivity contribution in [2.24, 2.45) is 5.92 Å². The molecule has 1 aliphatic heterocycles. The van der Waals surface area contributed by atoms with Crippen molar-refractivity contribution < 1.29 is 24.6 Å². The fourth-order valence-corrected chi connectivity index (χ4v) is 4.66. The number of fused-ring (bicyclic) bond motifs is 1. The molecule has 152 valence electrons. The van der Waals surface area contributed by atoms with Crippen LogP contribution in [-0.2, 0) is 20.8 Å². The Balaban J connectivity index is 1.65. The summed E-state index contributed by atoms with van der Waals surface area (Å²) in [6.45, 7) is 1.63. The molecule has 0 spiro atoms. The lowest BCUT2D eigenvalue weighted by molar-refractivity contribution is -0.151. The zero-order valence-electron chi connectivity index (χ0n) is 16.1. The molecule has 1 aliphatic carbocycles. The second-order valence-corrected chi connectivity index (χ2v) is 7.90. The van der Waals surface area contributed by atoms with Gasteiger partial charge in [-0.1, -0.05) is 36.8 Å². The molecule has 3 rings (SSSR count). The summed E-state index contributed by atoms with van der Waals surface area (Å²) >= 11 is 0.